The van der Waals surface area contributed by atoms with Crippen molar-refractivity contribution in [3.8, 4) is 0 Å². The number of hydrogen-bond acceptors (Lipinski definition) is 2. The van der Waals surface area contributed by atoms with E-state index >= 15 is 0 Å². The van der Waals surface area contributed by atoms with Crippen LogP contribution in [0.5, 0.6) is 0 Å². The third-order valence-electron chi connectivity index (χ3n) is 3.07. The van der Waals surface area contributed by atoms with Gasteiger partial charge in [-0.3, -0.25) is 4.98 Å². The lowest BCUT2D eigenvalue weighted by Crippen LogP contribution is -2.24. The fourth-order valence-corrected chi connectivity index (χ4v) is 2.15. The molecule has 1 aromatic heterocycles. The van der Waals surface area contributed by atoms with Crippen LogP contribution in [0.15, 0.2) is 42.6 Å². The summed E-state index contributed by atoms with van der Waals surface area (Å²) in [6, 6.07) is 10.7. The maximum atomic E-state index is 14.0. The number of hydrogen-bond donors (Lipinski definition) is 1. The summed E-state index contributed by atoms with van der Waals surface area (Å²) >= 11 is 0. The number of pyridine rings is 1. The van der Waals surface area contributed by atoms with Crippen molar-refractivity contribution < 1.29 is 4.39 Å². The highest BCUT2D eigenvalue weighted by molar-refractivity contribution is 5.32. The number of nitrogens with one attached hydrogen (secondary N) is 1. The molecule has 1 aromatic carbocycles. The summed E-state index contributed by atoms with van der Waals surface area (Å²) < 4.78 is 14.0. The molecule has 1 N–H and O–H groups in total. The largest absolute Gasteiger partial charge is 0.306 e. The molecule has 0 radical (unpaired) electrons. The van der Waals surface area contributed by atoms with Crippen molar-refractivity contribution in [2.24, 2.45) is 0 Å². The van der Waals surface area contributed by atoms with Crippen LogP contribution in [0.3, 0.4) is 0 Å². The number of benzene rings is 1. The molecule has 2 rings (SSSR count). The summed E-state index contributed by atoms with van der Waals surface area (Å²) in [5, 5.41) is 3.40. The molecule has 0 saturated heterocycles. The van der Waals surface area contributed by atoms with E-state index in [-0.39, 0.29) is 11.9 Å². The Balaban J connectivity index is 2.38. The molecular weight excluding hydrogens is 239 g/mol. The van der Waals surface area contributed by atoms with Crippen LogP contribution >= 0.6 is 0 Å². The van der Waals surface area contributed by atoms with Crippen molar-refractivity contribution in [3.63, 3.8) is 0 Å². The van der Waals surface area contributed by atoms with E-state index in [1.807, 2.05) is 31.2 Å². The molecule has 19 heavy (non-hydrogen) atoms. The Morgan fingerprint density at radius 3 is 2.74 bits per heavy atom. The number of rotatable bonds is 5. The zero-order valence-electron chi connectivity index (χ0n) is 11.4. The van der Waals surface area contributed by atoms with Gasteiger partial charge in [0.05, 0.1) is 6.04 Å². The third-order valence-corrected chi connectivity index (χ3v) is 3.07. The number of aromatic nitrogens is 1. The molecule has 2 nitrogen and oxygen atoms in total. The summed E-state index contributed by atoms with van der Waals surface area (Å²) in [5.41, 5.74) is 2.67. The monoisotopic (exact) mass is 258 g/mol. The normalized spacial score (nSPS) is 12.4. The molecule has 0 aliphatic heterocycles. The van der Waals surface area contributed by atoms with Gasteiger partial charge in [-0.1, -0.05) is 25.1 Å². The van der Waals surface area contributed by atoms with Gasteiger partial charge in [-0.25, -0.2) is 4.39 Å². The van der Waals surface area contributed by atoms with Gasteiger partial charge in [-0.05, 0) is 43.7 Å². The predicted octanol–water partition coefficient (Wildman–Crippen LogP) is 3.62. The average Bonchev–Trinajstić information content (AvgIpc) is 2.41. The molecule has 1 atom stereocenters. The Hall–Kier alpha value is -1.74. The fourth-order valence-electron chi connectivity index (χ4n) is 2.15. The minimum Gasteiger partial charge on any atom is -0.306 e. The summed E-state index contributed by atoms with van der Waals surface area (Å²) in [4.78, 5) is 4.20. The minimum absolute atomic E-state index is 0.122. The molecule has 0 aliphatic rings. The highest BCUT2D eigenvalue weighted by Gasteiger charge is 2.16. The molecule has 1 unspecified atom stereocenters. The Morgan fingerprint density at radius 1 is 1.26 bits per heavy atom. The summed E-state index contributed by atoms with van der Waals surface area (Å²) in [7, 11) is 0. The number of aryl methyl sites for hydroxylation is 1. The fraction of sp³-hybridized carbons (Fsp3) is 0.312. The van der Waals surface area contributed by atoms with Gasteiger partial charge in [0.2, 0.25) is 0 Å². The summed E-state index contributed by atoms with van der Waals surface area (Å²) in [5.74, 6) is -0.175. The van der Waals surface area contributed by atoms with Crippen molar-refractivity contribution in [3.05, 3.63) is 65.2 Å². The van der Waals surface area contributed by atoms with Gasteiger partial charge in [0.1, 0.15) is 5.82 Å². The Bertz CT molecular complexity index is 540. The first-order valence-electron chi connectivity index (χ1n) is 6.62. The van der Waals surface area contributed by atoms with E-state index in [9.17, 15) is 4.39 Å². The van der Waals surface area contributed by atoms with Crippen molar-refractivity contribution >= 4 is 0 Å². The standard InChI is InChI=1S/C16H19FN2/c1-3-9-19-16(13-8-10-18-12(2)11-13)14-6-4-5-7-15(14)17/h4-8,10-11,16,19H,3,9H2,1-2H3. The molecule has 0 fully saturated rings. The topological polar surface area (TPSA) is 24.9 Å². The zero-order chi connectivity index (χ0) is 13.7. The molecule has 2 aromatic rings. The lowest BCUT2D eigenvalue weighted by Gasteiger charge is -2.20. The van der Waals surface area contributed by atoms with Crippen molar-refractivity contribution in [1.82, 2.24) is 10.3 Å². The smallest absolute Gasteiger partial charge is 0.128 e. The first kappa shape index (κ1) is 13.7. The van der Waals surface area contributed by atoms with Gasteiger partial charge < -0.3 is 5.32 Å². The van der Waals surface area contributed by atoms with Crippen molar-refractivity contribution in [2.75, 3.05) is 6.54 Å². The predicted molar refractivity (Wildman–Crippen MR) is 75.5 cm³/mol. The molecule has 0 amide bonds. The summed E-state index contributed by atoms with van der Waals surface area (Å²) in [6.07, 6.45) is 2.78. The first-order chi connectivity index (χ1) is 9.22. The maximum absolute atomic E-state index is 14.0. The highest BCUT2D eigenvalue weighted by atomic mass is 19.1. The lowest BCUT2D eigenvalue weighted by atomic mass is 9.98. The third kappa shape index (κ3) is 3.38. The van der Waals surface area contributed by atoms with Gasteiger partial charge in [0, 0.05) is 17.5 Å². The molecule has 3 heteroatoms. The lowest BCUT2D eigenvalue weighted by molar-refractivity contribution is 0.546. The molecule has 0 aliphatic carbocycles. The Labute approximate surface area is 113 Å². The van der Waals surface area contributed by atoms with E-state index in [0.29, 0.717) is 5.56 Å². The van der Waals surface area contributed by atoms with Gasteiger partial charge in [-0.2, -0.15) is 0 Å². The van der Waals surface area contributed by atoms with Gasteiger partial charge in [0.15, 0.2) is 0 Å². The molecule has 0 bridgehead atoms. The van der Waals surface area contributed by atoms with E-state index in [1.165, 1.54) is 6.07 Å². The van der Waals surface area contributed by atoms with Crippen molar-refractivity contribution in [1.29, 1.82) is 0 Å². The van der Waals surface area contributed by atoms with Crippen molar-refractivity contribution in [2.45, 2.75) is 26.3 Å². The van der Waals surface area contributed by atoms with E-state index in [2.05, 4.69) is 17.2 Å². The quantitative estimate of drug-likeness (QED) is 0.886. The van der Waals surface area contributed by atoms with Crippen LogP contribution in [0.1, 0.15) is 36.2 Å². The molecule has 100 valence electrons. The van der Waals surface area contributed by atoms with Crippen LogP contribution in [0.2, 0.25) is 0 Å². The number of nitrogens with zero attached hydrogens (tertiary/aromatic N) is 1. The maximum Gasteiger partial charge on any atom is 0.128 e. The van der Waals surface area contributed by atoms with Crippen LogP contribution in [-0.2, 0) is 0 Å². The van der Waals surface area contributed by atoms with Gasteiger partial charge in [0.25, 0.3) is 0 Å². The van der Waals surface area contributed by atoms with E-state index in [1.54, 1.807) is 12.3 Å². The van der Waals surface area contributed by atoms with Crippen LogP contribution in [0.25, 0.3) is 0 Å². The SMILES string of the molecule is CCCNC(c1ccnc(C)c1)c1ccccc1F. The van der Waals surface area contributed by atoms with Gasteiger partial charge >= 0.3 is 0 Å². The molecule has 0 saturated carbocycles. The summed E-state index contributed by atoms with van der Waals surface area (Å²) in [6.45, 7) is 4.89. The van der Waals surface area contributed by atoms with Gasteiger partial charge in [-0.15, -0.1) is 0 Å². The second kappa shape index (κ2) is 6.43. The zero-order valence-corrected chi connectivity index (χ0v) is 11.4. The van der Waals surface area contributed by atoms with E-state index < -0.39 is 0 Å². The molecule has 1 heterocycles. The second-order valence-electron chi connectivity index (χ2n) is 4.64. The second-order valence-corrected chi connectivity index (χ2v) is 4.64. The van der Waals surface area contributed by atoms with Crippen LogP contribution in [0, 0.1) is 12.7 Å². The van der Waals surface area contributed by atoms with Crippen LogP contribution in [-0.4, -0.2) is 11.5 Å². The molecule has 0 spiro atoms. The highest BCUT2D eigenvalue weighted by Crippen LogP contribution is 2.24. The van der Waals surface area contributed by atoms with E-state index in [4.69, 9.17) is 0 Å². The Morgan fingerprint density at radius 2 is 2.05 bits per heavy atom. The number of halogens is 1. The molecular formula is C16H19FN2. The first-order valence-corrected chi connectivity index (χ1v) is 6.62. The van der Waals surface area contributed by atoms with Crippen LogP contribution < -0.4 is 5.32 Å². The van der Waals surface area contributed by atoms with E-state index in [0.717, 1.165) is 24.2 Å². The van der Waals surface area contributed by atoms with Crippen LogP contribution in [0.4, 0.5) is 4.39 Å². The average molecular weight is 258 g/mol. The minimum atomic E-state index is -0.175. The Kier molecular flexibility index (Phi) is 4.63.